The molecule has 4 nitrogen and oxygen atoms in total. The predicted molar refractivity (Wildman–Crippen MR) is 84.7 cm³/mol. The number of anilines is 1. The minimum Gasteiger partial charge on any atom is -0.423 e. The van der Waals surface area contributed by atoms with Crippen molar-refractivity contribution in [3.63, 3.8) is 0 Å². The zero-order valence-corrected chi connectivity index (χ0v) is 12.6. The molecule has 0 bridgehead atoms. The average Bonchev–Trinajstić information content (AvgIpc) is 2.99. The summed E-state index contributed by atoms with van der Waals surface area (Å²) >= 11 is 0. The Morgan fingerprint density at radius 1 is 1.17 bits per heavy atom. The van der Waals surface area contributed by atoms with Crippen LogP contribution in [0.3, 0.4) is 0 Å². The van der Waals surface area contributed by atoms with E-state index in [4.69, 9.17) is 4.74 Å². The van der Waals surface area contributed by atoms with Gasteiger partial charge in [-0.25, -0.2) is 9.18 Å². The molecule has 116 valence electrons. The van der Waals surface area contributed by atoms with Crippen LogP contribution in [-0.2, 0) is 14.3 Å². The van der Waals surface area contributed by atoms with Crippen LogP contribution in [0.25, 0.3) is 5.57 Å². The smallest absolute Gasteiger partial charge is 0.344 e. The minimum atomic E-state index is -0.531. The third-order valence-corrected chi connectivity index (χ3v) is 3.63. The molecule has 0 radical (unpaired) electrons. The van der Waals surface area contributed by atoms with Crippen molar-refractivity contribution < 1.29 is 18.7 Å². The number of hydrogen-bond donors (Lipinski definition) is 1. The van der Waals surface area contributed by atoms with Crippen LogP contribution < -0.4 is 5.32 Å². The van der Waals surface area contributed by atoms with Crippen LogP contribution >= 0.6 is 0 Å². The van der Waals surface area contributed by atoms with Crippen molar-refractivity contribution in [2.24, 2.45) is 0 Å². The molecule has 2 aliphatic heterocycles. The van der Waals surface area contributed by atoms with Crippen LogP contribution in [0.1, 0.15) is 19.4 Å². The molecule has 0 saturated heterocycles. The van der Waals surface area contributed by atoms with E-state index in [1.807, 2.05) is 6.92 Å². The Kier molecular flexibility index (Phi) is 3.70. The predicted octanol–water partition coefficient (Wildman–Crippen LogP) is 3.49. The molecular formula is C18H14FNO3. The normalized spacial score (nSPS) is 20.7. The van der Waals surface area contributed by atoms with Crippen LogP contribution in [0.5, 0.6) is 0 Å². The molecular weight excluding hydrogens is 297 g/mol. The van der Waals surface area contributed by atoms with Gasteiger partial charge in [0.15, 0.2) is 0 Å². The summed E-state index contributed by atoms with van der Waals surface area (Å²) in [7, 11) is 0. The number of allylic oxidation sites excluding steroid dienone is 3. The Hall–Kier alpha value is -2.95. The highest BCUT2D eigenvalue weighted by Crippen LogP contribution is 2.36. The third kappa shape index (κ3) is 2.50. The number of amides is 1. The number of fused-ring (bicyclic) bond motifs is 1. The van der Waals surface area contributed by atoms with Gasteiger partial charge in [0.2, 0.25) is 0 Å². The van der Waals surface area contributed by atoms with Gasteiger partial charge in [0.1, 0.15) is 11.6 Å². The maximum absolute atomic E-state index is 13.5. The number of halogens is 1. The van der Waals surface area contributed by atoms with E-state index >= 15 is 0 Å². The molecule has 0 aromatic heterocycles. The minimum absolute atomic E-state index is 0.241. The highest BCUT2D eigenvalue weighted by atomic mass is 19.1. The van der Waals surface area contributed by atoms with Gasteiger partial charge in [0.05, 0.1) is 5.57 Å². The van der Waals surface area contributed by atoms with Crippen molar-refractivity contribution in [1.29, 1.82) is 0 Å². The molecule has 5 heteroatoms. The van der Waals surface area contributed by atoms with Crippen LogP contribution in [0, 0.1) is 5.82 Å². The van der Waals surface area contributed by atoms with Crippen molar-refractivity contribution in [2.45, 2.75) is 13.8 Å². The Balaban J connectivity index is 2.18. The second kappa shape index (κ2) is 5.68. The van der Waals surface area contributed by atoms with Gasteiger partial charge in [-0.3, -0.25) is 4.79 Å². The second-order valence-electron chi connectivity index (χ2n) is 5.07. The van der Waals surface area contributed by atoms with E-state index in [1.165, 1.54) is 24.3 Å². The number of ether oxygens (including phenoxy) is 1. The van der Waals surface area contributed by atoms with Gasteiger partial charge < -0.3 is 10.1 Å². The third-order valence-electron chi connectivity index (χ3n) is 3.63. The number of cyclic esters (lactones) is 1. The summed E-state index contributed by atoms with van der Waals surface area (Å²) in [5.41, 5.74) is 2.08. The lowest BCUT2D eigenvalue weighted by Crippen LogP contribution is -2.05. The van der Waals surface area contributed by atoms with Gasteiger partial charge in [-0.2, -0.15) is 0 Å². The first-order valence-electron chi connectivity index (χ1n) is 7.14. The summed E-state index contributed by atoms with van der Waals surface area (Å²) in [6.45, 7) is 3.58. The van der Waals surface area contributed by atoms with Crippen molar-refractivity contribution in [2.75, 3.05) is 5.32 Å². The van der Waals surface area contributed by atoms with Gasteiger partial charge >= 0.3 is 5.97 Å². The molecule has 0 fully saturated rings. The molecule has 23 heavy (non-hydrogen) atoms. The van der Waals surface area contributed by atoms with Crippen molar-refractivity contribution in [1.82, 2.24) is 0 Å². The van der Waals surface area contributed by atoms with Crippen LogP contribution in [0.2, 0.25) is 0 Å². The van der Waals surface area contributed by atoms with Gasteiger partial charge in [-0.15, -0.1) is 0 Å². The number of esters is 1. The van der Waals surface area contributed by atoms with E-state index in [0.29, 0.717) is 22.6 Å². The first-order valence-corrected chi connectivity index (χ1v) is 7.14. The standard InChI is InChI=1S/C18H14FNO3/c1-3-5-11-14(18(22)23-16(11)4-2)9-13-12-8-10(19)6-7-15(12)20-17(13)21/h3-9H,1-2H3,(H,20,21)/b5-3-,13-9-,16-4+. The molecule has 0 spiro atoms. The summed E-state index contributed by atoms with van der Waals surface area (Å²) in [5, 5.41) is 2.65. The van der Waals surface area contributed by atoms with Gasteiger partial charge in [0, 0.05) is 22.4 Å². The zero-order chi connectivity index (χ0) is 16.6. The van der Waals surface area contributed by atoms with E-state index < -0.39 is 11.8 Å². The fraction of sp³-hybridized carbons (Fsp3) is 0.111. The number of benzene rings is 1. The highest BCUT2D eigenvalue weighted by Gasteiger charge is 2.30. The van der Waals surface area contributed by atoms with Crippen LogP contribution in [0.15, 0.2) is 59.4 Å². The summed E-state index contributed by atoms with van der Waals surface area (Å²) in [6, 6.07) is 4.04. The molecule has 0 unspecified atom stereocenters. The van der Waals surface area contributed by atoms with E-state index in [1.54, 1.807) is 25.2 Å². The SMILES string of the molecule is C/C=C\C1=C(/C=C2\C(=O)Nc3ccc(F)cc32)C(=O)O/C1=C/C. The molecule has 1 N–H and O–H groups in total. The summed E-state index contributed by atoms with van der Waals surface area (Å²) < 4.78 is 18.7. The van der Waals surface area contributed by atoms with Crippen molar-refractivity contribution in [3.05, 3.63) is 70.8 Å². The molecule has 1 aromatic carbocycles. The number of carbonyl (C=O) groups is 2. The summed E-state index contributed by atoms with van der Waals surface area (Å²) in [6.07, 6.45) is 6.66. The quantitative estimate of drug-likeness (QED) is 0.672. The van der Waals surface area contributed by atoms with E-state index in [-0.39, 0.29) is 17.1 Å². The lowest BCUT2D eigenvalue weighted by Gasteiger charge is -1.99. The highest BCUT2D eigenvalue weighted by molar-refractivity contribution is 6.32. The fourth-order valence-electron chi connectivity index (χ4n) is 2.59. The molecule has 1 amide bonds. The first kappa shape index (κ1) is 15.0. The number of hydrogen-bond acceptors (Lipinski definition) is 3. The summed E-state index contributed by atoms with van der Waals surface area (Å²) in [4.78, 5) is 24.2. The Morgan fingerprint density at radius 3 is 2.65 bits per heavy atom. The lowest BCUT2D eigenvalue weighted by atomic mass is 10.0. The Morgan fingerprint density at radius 2 is 1.96 bits per heavy atom. The van der Waals surface area contributed by atoms with Crippen molar-refractivity contribution >= 4 is 23.1 Å². The fourth-order valence-corrected chi connectivity index (χ4v) is 2.59. The topological polar surface area (TPSA) is 55.4 Å². The maximum atomic E-state index is 13.5. The molecule has 1 aromatic rings. The molecule has 2 heterocycles. The van der Waals surface area contributed by atoms with Crippen molar-refractivity contribution in [3.8, 4) is 0 Å². The average molecular weight is 311 g/mol. The first-order chi connectivity index (χ1) is 11.0. The number of nitrogens with one attached hydrogen (secondary N) is 1. The van der Waals surface area contributed by atoms with Gasteiger partial charge in [-0.05, 0) is 44.2 Å². The number of carbonyl (C=O) groups excluding carboxylic acids is 2. The van der Waals surface area contributed by atoms with E-state index in [2.05, 4.69) is 5.32 Å². The molecule has 2 aliphatic rings. The molecule has 0 atom stereocenters. The van der Waals surface area contributed by atoms with Crippen LogP contribution in [0.4, 0.5) is 10.1 Å². The Labute approximate surface area is 132 Å². The van der Waals surface area contributed by atoms with Crippen LogP contribution in [-0.4, -0.2) is 11.9 Å². The molecule has 0 saturated carbocycles. The van der Waals surface area contributed by atoms with E-state index in [9.17, 15) is 14.0 Å². The second-order valence-corrected chi connectivity index (χ2v) is 5.07. The number of rotatable bonds is 2. The lowest BCUT2D eigenvalue weighted by molar-refractivity contribution is -0.132. The van der Waals surface area contributed by atoms with E-state index in [0.717, 1.165) is 0 Å². The van der Waals surface area contributed by atoms with Gasteiger partial charge in [-0.1, -0.05) is 12.2 Å². The monoisotopic (exact) mass is 311 g/mol. The van der Waals surface area contributed by atoms with Gasteiger partial charge in [0.25, 0.3) is 5.91 Å². The molecule has 0 aliphatic carbocycles. The molecule has 3 rings (SSSR count). The largest absolute Gasteiger partial charge is 0.423 e. The summed E-state index contributed by atoms with van der Waals surface area (Å²) in [5.74, 6) is -0.911. The Bertz CT molecular complexity index is 844. The zero-order valence-electron chi connectivity index (χ0n) is 12.6. The maximum Gasteiger partial charge on any atom is 0.344 e.